The number of carbonyl (C=O) groups is 2. The summed E-state index contributed by atoms with van der Waals surface area (Å²) in [5.74, 6) is -0.466. The number of allylic oxidation sites excluding steroid dienone is 1. The van der Waals surface area contributed by atoms with Crippen molar-refractivity contribution < 1.29 is 19.1 Å². The van der Waals surface area contributed by atoms with Crippen LogP contribution in [0.3, 0.4) is 0 Å². The van der Waals surface area contributed by atoms with E-state index < -0.39 is 23.7 Å². The fourth-order valence-corrected chi connectivity index (χ4v) is 1.92. The van der Waals surface area contributed by atoms with Gasteiger partial charge in [0.25, 0.3) is 0 Å². The zero-order valence-corrected chi connectivity index (χ0v) is 13.9. The topological polar surface area (TPSA) is 64.6 Å². The van der Waals surface area contributed by atoms with Crippen molar-refractivity contribution in [3.8, 4) is 0 Å². The van der Waals surface area contributed by atoms with Crippen LogP contribution in [0.25, 0.3) is 0 Å². The fourth-order valence-electron chi connectivity index (χ4n) is 1.92. The summed E-state index contributed by atoms with van der Waals surface area (Å²) in [4.78, 5) is 23.7. The molecule has 0 rings (SSSR count). The number of esters is 1. The van der Waals surface area contributed by atoms with E-state index in [2.05, 4.69) is 11.9 Å². The summed E-state index contributed by atoms with van der Waals surface area (Å²) in [6.07, 6.45) is 5.04. The third kappa shape index (κ3) is 9.10. The van der Waals surface area contributed by atoms with Crippen LogP contribution in [0.2, 0.25) is 0 Å². The highest BCUT2D eigenvalue weighted by atomic mass is 16.6. The number of carbonyl (C=O) groups excluding carboxylic acids is 2. The summed E-state index contributed by atoms with van der Waals surface area (Å²) < 4.78 is 9.95. The highest BCUT2D eigenvalue weighted by Gasteiger charge is 2.29. The summed E-state index contributed by atoms with van der Waals surface area (Å²) in [7, 11) is 1.32. The second-order valence-electron chi connectivity index (χ2n) is 6.20. The molecular formula is C16H29NO4. The van der Waals surface area contributed by atoms with Crippen LogP contribution in [0.1, 0.15) is 53.4 Å². The Balaban J connectivity index is 4.54. The maximum atomic E-state index is 11.8. The van der Waals surface area contributed by atoms with Gasteiger partial charge in [-0.15, -0.1) is 6.58 Å². The molecule has 5 nitrogen and oxygen atoms in total. The summed E-state index contributed by atoms with van der Waals surface area (Å²) >= 11 is 0. The van der Waals surface area contributed by atoms with Gasteiger partial charge < -0.3 is 14.8 Å². The molecule has 0 bridgehead atoms. The molecule has 0 aliphatic carbocycles. The summed E-state index contributed by atoms with van der Waals surface area (Å²) in [6, 6.07) is -0.686. The van der Waals surface area contributed by atoms with Crippen LogP contribution in [0.4, 0.5) is 4.79 Å². The van der Waals surface area contributed by atoms with Crippen LogP contribution in [-0.2, 0) is 14.3 Å². The Hall–Kier alpha value is -1.52. The van der Waals surface area contributed by atoms with Crippen molar-refractivity contribution in [3.63, 3.8) is 0 Å². The first-order valence-corrected chi connectivity index (χ1v) is 7.39. The number of methoxy groups -OCH3 is 1. The number of unbranched alkanes of at least 4 members (excludes halogenated alkanes) is 2. The smallest absolute Gasteiger partial charge is 0.408 e. The van der Waals surface area contributed by atoms with E-state index in [0.717, 1.165) is 25.7 Å². The van der Waals surface area contributed by atoms with E-state index in [-0.39, 0.29) is 5.92 Å². The minimum Gasteiger partial charge on any atom is -0.467 e. The Kier molecular flexibility index (Phi) is 8.74. The quantitative estimate of drug-likeness (QED) is 0.423. The van der Waals surface area contributed by atoms with Crippen LogP contribution in [0.15, 0.2) is 12.7 Å². The van der Waals surface area contributed by atoms with Gasteiger partial charge in [0.15, 0.2) is 0 Å². The maximum absolute atomic E-state index is 11.8. The van der Waals surface area contributed by atoms with E-state index >= 15 is 0 Å². The number of ether oxygens (including phenoxy) is 2. The van der Waals surface area contributed by atoms with E-state index in [9.17, 15) is 9.59 Å². The molecule has 1 amide bonds. The number of hydrogen-bond donors (Lipinski definition) is 1. The Labute approximate surface area is 128 Å². The highest BCUT2D eigenvalue weighted by molar-refractivity contribution is 5.81. The lowest BCUT2D eigenvalue weighted by Gasteiger charge is -2.25. The molecule has 0 aromatic heterocycles. The van der Waals surface area contributed by atoms with Crippen LogP contribution in [-0.4, -0.2) is 30.8 Å². The average Bonchev–Trinajstić information content (AvgIpc) is 2.37. The van der Waals surface area contributed by atoms with Crippen molar-refractivity contribution in [2.45, 2.75) is 65.0 Å². The molecule has 122 valence electrons. The van der Waals surface area contributed by atoms with E-state index in [1.54, 1.807) is 20.8 Å². The van der Waals surface area contributed by atoms with Crippen LogP contribution >= 0.6 is 0 Å². The molecule has 5 heteroatoms. The first kappa shape index (κ1) is 19.5. The predicted octanol–water partition coefficient (Wildman–Crippen LogP) is 3.44. The summed E-state index contributed by atoms with van der Waals surface area (Å²) in [5.41, 5.74) is -0.599. The standard InChI is InChI=1S/C16H29NO4/c1-7-8-9-10-11-12(2)13(14(18)20-6)17-15(19)21-16(3,4)5/h7,12-13H,1,8-11H2,2-6H3,(H,17,19). The predicted molar refractivity (Wildman–Crippen MR) is 83.0 cm³/mol. The van der Waals surface area contributed by atoms with Gasteiger partial charge >= 0.3 is 12.1 Å². The minimum atomic E-state index is -0.686. The molecular weight excluding hydrogens is 270 g/mol. The molecule has 0 aromatic carbocycles. The first-order valence-electron chi connectivity index (χ1n) is 7.39. The van der Waals surface area contributed by atoms with Gasteiger partial charge in [-0.25, -0.2) is 9.59 Å². The Morgan fingerprint density at radius 2 is 1.90 bits per heavy atom. The zero-order valence-electron chi connectivity index (χ0n) is 13.9. The van der Waals surface area contributed by atoms with E-state index in [0.29, 0.717) is 0 Å². The third-order valence-corrected chi connectivity index (χ3v) is 3.01. The normalized spacial score (nSPS) is 14.0. The SMILES string of the molecule is C=CCCCCC(C)C(NC(=O)OC(C)(C)C)C(=O)OC. The molecule has 0 aliphatic heterocycles. The molecule has 2 unspecified atom stereocenters. The van der Waals surface area contributed by atoms with Gasteiger partial charge in [0, 0.05) is 0 Å². The summed E-state index contributed by atoms with van der Waals surface area (Å²) in [5, 5.41) is 2.61. The Morgan fingerprint density at radius 1 is 1.29 bits per heavy atom. The fraction of sp³-hybridized carbons (Fsp3) is 0.750. The molecule has 0 spiro atoms. The summed E-state index contributed by atoms with van der Waals surface area (Å²) in [6.45, 7) is 10.9. The largest absolute Gasteiger partial charge is 0.467 e. The van der Waals surface area contributed by atoms with E-state index in [1.165, 1.54) is 7.11 Å². The number of hydrogen-bond acceptors (Lipinski definition) is 4. The molecule has 21 heavy (non-hydrogen) atoms. The average molecular weight is 299 g/mol. The lowest BCUT2D eigenvalue weighted by atomic mass is 9.95. The lowest BCUT2D eigenvalue weighted by Crippen LogP contribution is -2.47. The molecule has 0 saturated carbocycles. The Morgan fingerprint density at radius 3 is 2.38 bits per heavy atom. The van der Waals surface area contributed by atoms with Crippen molar-refractivity contribution >= 4 is 12.1 Å². The molecule has 0 heterocycles. The maximum Gasteiger partial charge on any atom is 0.408 e. The van der Waals surface area contributed by atoms with Gasteiger partial charge in [0.2, 0.25) is 0 Å². The molecule has 1 N–H and O–H groups in total. The van der Waals surface area contributed by atoms with Crippen LogP contribution in [0, 0.1) is 5.92 Å². The molecule has 2 atom stereocenters. The third-order valence-electron chi connectivity index (χ3n) is 3.01. The van der Waals surface area contributed by atoms with Gasteiger partial charge in [0.05, 0.1) is 7.11 Å². The van der Waals surface area contributed by atoms with Gasteiger partial charge in [0.1, 0.15) is 11.6 Å². The van der Waals surface area contributed by atoms with E-state index in [1.807, 2.05) is 13.0 Å². The van der Waals surface area contributed by atoms with Crippen molar-refractivity contribution in [2.75, 3.05) is 7.11 Å². The van der Waals surface area contributed by atoms with E-state index in [4.69, 9.17) is 9.47 Å². The molecule has 0 fully saturated rings. The monoisotopic (exact) mass is 299 g/mol. The highest BCUT2D eigenvalue weighted by Crippen LogP contribution is 2.16. The van der Waals surface area contributed by atoms with Gasteiger partial charge in [-0.1, -0.05) is 19.4 Å². The number of amides is 1. The van der Waals surface area contributed by atoms with Crippen LogP contribution in [0.5, 0.6) is 0 Å². The van der Waals surface area contributed by atoms with Crippen molar-refractivity contribution in [3.05, 3.63) is 12.7 Å². The molecule has 0 aliphatic rings. The van der Waals surface area contributed by atoms with Crippen molar-refractivity contribution in [2.24, 2.45) is 5.92 Å². The number of nitrogens with one attached hydrogen (secondary N) is 1. The molecule has 0 radical (unpaired) electrons. The minimum absolute atomic E-state index is 0.0187. The first-order chi connectivity index (χ1) is 9.71. The van der Waals surface area contributed by atoms with Crippen molar-refractivity contribution in [1.82, 2.24) is 5.32 Å². The second kappa shape index (κ2) is 9.42. The molecule has 0 aromatic rings. The Bertz CT molecular complexity index is 347. The van der Waals surface area contributed by atoms with Crippen molar-refractivity contribution in [1.29, 1.82) is 0 Å². The van der Waals surface area contributed by atoms with Gasteiger partial charge in [-0.05, 0) is 46.0 Å². The molecule has 0 saturated heterocycles. The van der Waals surface area contributed by atoms with Crippen LogP contribution < -0.4 is 5.32 Å². The zero-order chi connectivity index (χ0) is 16.5. The number of alkyl carbamates (subject to hydrolysis) is 1. The lowest BCUT2D eigenvalue weighted by molar-refractivity contribution is -0.144. The second-order valence-corrected chi connectivity index (χ2v) is 6.20. The van der Waals surface area contributed by atoms with Gasteiger partial charge in [-0.3, -0.25) is 0 Å². The van der Waals surface area contributed by atoms with Gasteiger partial charge in [-0.2, -0.15) is 0 Å². The number of rotatable bonds is 8.